The normalized spacial score (nSPS) is 11.4. The first-order chi connectivity index (χ1) is 12.1. The zero-order chi connectivity index (χ0) is 17.6. The number of aliphatic hydroxyl groups is 1. The van der Waals surface area contributed by atoms with Crippen LogP contribution in [0, 0.1) is 13.8 Å². The van der Waals surface area contributed by atoms with Gasteiger partial charge in [-0.25, -0.2) is 0 Å². The van der Waals surface area contributed by atoms with Gasteiger partial charge in [-0.1, -0.05) is 24.3 Å². The number of rotatable bonds is 3. The Balaban J connectivity index is 1.94. The van der Waals surface area contributed by atoms with Crippen molar-refractivity contribution in [2.75, 3.05) is 7.11 Å². The van der Waals surface area contributed by atoms with Gasteiger partial charge in [-0.2, -0.15) is 0 Å². The monoisotopic (exact) mass is 331 g/mol. The summed E-state index contributed by atoms with van der Waals surface area (Å²) < 4.78 is 5.57. The minimum absolute atomic E-state index is 0.0245. The number of methoxy groups -OCH3 is 1. The minimum Gasteiger partial charge on any atom is -0.496 e. The van der Waals surface area contributed by atoms with Crippen molar-refractivity contribution in [1.82, 2.24) is 4.98 Å². The molecule has 4 aromatic rings. The maximum Gasteiger partial charge on any atom is 0.126 e. The summed E-state index contributed by atoms with van der Waals surface area (Å²) in [6.07, 6.45) is 0. The maximum absolute atomic E-state index is 9.60. The molecule has 0 spiro atoms. The smallest absolute Gasteiger partial charge is 0.126 e. The van der Waals surface area contributed by atoms with Crippen molar-refractivity contribution in [1.29, 1.82) is 0 Å². The molecule has 0 aliphatic carbocycles. The van der Waals surface area contributed by atoms with Gasteiger partial charge in [0, 0.05) is 27.4 Å². The molecular formula is C22H21NO2. The fourth-order valence-corrected chi connectivity index (χ4v) is 3.48. The van der Waals surface area contributed by atoms with Crippen molar-refractivity contribution in [3.8, 4) is 16.9 Å². The number of nitrogens with one attached hydrogen (secondary N) is 1. The molecule has 4 rings (SSSR count). The van der Waals surface area contributed by atoms with Gasteiger partial charge >= 0.3 is 0 Å². The first-order valence-corrected chi connectivity index (χ1v) is 8.41. The van der Waals surface area contributed by atoms with Gasteiger partial charge in [0.2, 0.25) is 0 Å². The van der Waals surface area contributed by atoms with E-state index in [9.17, 15) is 5.11 Å². The van der Waals surface area contributed by atoms with E-state index in [-0.39, 0.29) is 6.61 Å². The Hall–Kier alpha value is -2.78. The molecule has 2 N–H and O–H groups in total. The lowest BCUT2D eigenvalue weighted by atomic mass is 9.97. The van der Waals surface area contributed by atoms with E-state index in [0.717, 1.165) is 39.0 Å². The molecule has 0 aliphatic rings. The Morgan fingerprint density at radius 1 is 0.920 bits per heavy atom. The van der Waals surface area contributed by atoms with Gasteiger partial charge < -0.3 is 14.8 Å². The molecule has 0 saturated carbocycles. The van der Waals surface area contributed by atoms with Gasteiger partial charge in [-0.05, 0) is 60.4 Å². The van der Waals surface area contributed by atoms with E-state index < -0.39 is 0 Å². The van der Waals surface area contributed by atoms with Crippen LogP contribution in [-0.4, -0.2) is 17.2 Å². The second-order valence-corrected chi connectivity index (χ2v) is 6.57. The van der Waals surface area contributed by atoms with Gasteiger partial charge in [0.25, 0.3) is 0 Å². The fourth-order valence-electron chi connectivity index (χ4n) is 3.48. The van der Waals surface area contributed by atoms with E-state index in [1.165, 1.54) is 16.3 Å². The summed E-state index contributed by atoms with van der Waals surface area (Å²) in [6.45, 7) is 4.11. The van der Waals surface area contributed by atoms with Crippen LogP contribution in [0.3, 0.4) is 0 Å². The molecule has 1 heterocycles. The van der Waals surface area contributed by atoms with E-state index in [1.807, 2.05) is 19.1 Å². The van der Waals surface area contributed by atoms with E-state index in [2.05, 4.69) is 48.3 Å². The summed E-state index contributed by atoms with van der Waals surface area (Å²) in [4.78, 5) is 3.52. The van der Waals surface area contributed by atoms with Crippen molar-refractivity contribution in [2.45, 2.75) is 20.5 Å². The van der Waals surface area contributed by atoms with Crippen molar-refractivity contribution < 1.29 is 9.84 Å². The van der Waals surface area contributed by atoms with Crippen LogP contribution < -0.4 is 4.74 Å². The molecule has 0 amide bonds. The number of hydrogen-bond acceptors (Lipinski definition) is 2. The number of hydrogen-bond donors (Lipinski definition) is 2. The molecule has 126 valence electrons. The third kappa shape index (κ3) is 2.57. The first kappa shape index (κ1) is 15.7. The molecule has 3 nitrogen and oxygen atoms in total. The summed E-state index contributed by atoms with van der Waals surface area (Å²) in [5.74, 6) is 0.820. The molecule has 0 bridgehead atoms. The lowest BCUT2D eigenvalue weighted by molar-refractivity contribution is 0.281. The topological polar surface area (TPSA) is 45.2 Å². The molecule has 0 aliphatic heterocycles. The molecule has 0 unspecified atom stereocenters. The van der Waals surface area contributed by atoms with E-state index >= 15 is 0 Å². The largest absolute Gasteiger partial charge is 0.496 e. The molecule has 0 radical (unpaired) electrons. The first-order valence-electron chi connectivity index (χ1n) is 8.41. The van der Waals surface area contributed by atoms with Crippen LogP contribution in [0.5, 0.6) is 5.75 Å². The standard InChI is InChI=1S/C22H21NO2/c1-13-4-6-17-18-7-5-15(11-21(18)23-20(17)8-13)19-10-16(12-24)14(2)9-22(19)25-3/h4-11,23-24H,12H2,1-3H3. The van der Waals surface area contributed by atoms with Gasteiger partial charge in [-0.15, -0.1) is 0 Å². The van der Waals surface area contributed by atoms with Crippen LogP contribution in [0.15, 0.2) is 48.5 Å². The summed E-state index contributed by atoms with van der Waals surface area (Å²) in [6, 6.07) is 16.9. The predicted molar refractivity (Wildman–Crippen MR) is 103 cm³/mol. The van der Waals surface area contributed by atoms with Gasteiger partial charge in [0.1, 0.15) is 5.75 Å². The molecule has 3 heteroatoms. The number of aryl methyl sites for hydroxylation is 2. The fraction of sp³-hybridized carbons (Fsp3) is 0.182. The van der Waals surface area contributed by atoms with Crippen LogP contribution in [0.1, 0.15) is 16.7 Å². The third-order valence-corrected chi connectivity index (χ3v) is 4.89. The van der Waals surface area contributed by atoms with Gasteiger partial charge in [0.05, 0.1) is 13.7 Å². The van der Waals surface area contributed by atoms with Crippen molar-refractivity contribution in [2.24, 2.45) is 0 Å². The average Bonchev–Trinajstić information content (AvgIpc) is 2.97. The van der Waals surface area contributed by atoms with Crippen LogP contribution >= 0.6 is 0 Å². The Morgan fingerprint density at radius 2 is 1.64 bits per heavy atom. The Labute approximate surface area is 146 Å². The number of benzene rings is 3. The second kappa shape index (κ2) is 5.94. The molecule has 0 atom stereocenters. The second-order valence-electron chi connectivity index (χ2n) is 6.57. The van der Waals surface area contributed by atoms with Crippen LogP contribution in [0.25, 0.3) is 32.9 Å². The SMILES string of the molecule is COc1cc(C)c(CO)cc1-c1ccc2c(c1)[nH]c1cc(C)ccc12. The summed E-state index contributed by atoms with van der Waals surface area (Å²) in [5.41, 5.74) is 7.52. The zero-order valence-corrected chi connectivity index (χ0v) is 14.7. The highest BCUT2D eigenvalue weighted by atomic mass is 16.5. The molecule has 0 saturated heterocycles. The van der Waals surface area contributed by atoms with Crippen molar-refractivity contribution in [3.05, 3.63) is 65.2 Å². The third-order valence-electron chi connectivity index (χ3n) is 4.89. The lowest BCUT2D eigenvalue weighted by Gasteiger charge is -2.13. The average molecular weight is 331 g/mol. The molecule has 3 aromatic carbocycles. The van der Waals surface area contributed by atoms with Crippen molar-refractivity contribution >= 4 is 21.8 Å². The number of aliphatic hydroxyl groups excluding tert-OH is 1. The zero-order valence-electron chi connectivity index (χ0n) is 14.7. The predicted octanol–water partition coefficient (Wildman–Crippen LogP) is 5.11. The number of ether oxygens (including phenoxy) is 1. The van der Waals surface area contributed by atoms with Gasteiger partial charge in [-0.3, -0.25) is 0 Å². The highest BCUT2D eigenvalue weighted by Gasteiger charge is 2.12. The summed E-state index contributed by atoms with van der Waals surface area (Å²) >= 11 is 0. The van der Waals surface area contributed by atoms with E-state index in [4.69, 9.17) is 4.74 Å². The Kier molecular flexibility index (Phi) is 3.74. The molecule has 1 aromatic heterocycles. The molecule has 0 fully saturated rings. The summed E-state index contributed by atoms with van der Waals surface area (Å²) in [5, 5.41) is 12.0. The van der Waals surface area contributed by atoms with Gasteiger partial charge in [0.15, 0.2) is 0 Å². The van der Waals surface area contributed by atoms with E-state index in [1.54, 1.807) is 7.11 Å². The van der Waals surface area contributed by atoms with Crippen LogP contribution in [-0.2, 0) is 6.61 Å². The number of aromatic amines is 1. The molecular weight excluding hydrogens is 310 g/mol. The maximum atomic E-state index is 9.60. The Morgan fingerprint density at radius 3 is 2.36 bits per heavy atom. The summed E-state index contributed by atoms with van der Waals surface area (Å²) in [7, 11) is 1.68. The van der Waals surface area contributed by atoms with E-state index in [0.29, 0.717) is 0 Å². The Bertz CT molecular complexity index is 1090. The van der Waals surface area contributed by atoms with Crippen LogP contribution in [0.2, 0.25) is 0 Å². The van der Waals surface area contributed by atoms with Crippen molar-refractivity contribution in [3.63, 3.8) is 0 Å². The molecule has 25 heavy (non-hydrogen) atoms. The van der Waals surface area contributed by atoms with Crippen LogP contribution in [0.4, 0.5) is 0 Å². The highest BCUT2D eigenvalue weighted by Crippen LogP contribution is 2.36. The number of aromatic nitrogens is 1. The highest BCUT2D eigenvalue weighted by molar-refractivity contribution is 6.08. The number of H-pyrrole nitrogens is 1. The lowest BCUT2D eigenvalue weighted by Crippen LogP contribution is -1.94. The number of fused-ring (bicyclic) bond motifs is 3. The quantitative estimate of drug-likeness (QED) is 0.548. The minimum atomic E-state index is 0.0245.